The van der Waals surface area contributed by atoms with Gasteiger partial charge in [-0.3, -0.25) is 19.0 Å². The number of rotatable bonds is 1. The van der Waals surface area contributed by atoms with Crippen molar-refractivity contribution in [2.75, 3.05) is 4.90 Å². The van der Waals surface area contributed by atoms with Gasteiger partial charge in [0, 0.05) is 20.8 Å². The predicted molar refractivity (Wildman–Crippen MR) is 70.5 cm³/mol. The normalized spacial score (nSPS) is 10.6. The van der Waals surface area contributed by atoms with E-state index in [-0.39, 0.29) is 28.2 Å². The van der Waals surface area contributed by atoms with Crippen molar-refractivity contribution in [3.05, 3.63) is 11.5 Å². The van der Waals surface area contributed by atoms with Crippen LogP contribution in [0.2, 0.25) is 5.15 Å². The van der Waals surface area contributed by atoms with Gasteiger partial charge in [-0.2, -0.15) is 9.97 Å². The van der Waals surface area contributed by atoms with E-state index in [9.17, 15) is 14.4 Å². The molecule has 2 heterocycles. The average Bonchev–Trinajstić information content (AvgIpc) is 2.72. The Morgan fingerprint density at radius 2 is 1.75 bits per heavy atom. The summed E-state index contributed by atoms with van der Waals surface area (Å²) >= 11 is 5.95. The lowest BCUT2D eigenvalue weighted by molar-refractivity contribution is -0.124. The van der Waals surface area contributed by atoms with E-state index >= 15 is 0 Å². The molecule has 2 aromatic heterocycles. The summed E-state index contributed by atoms with van der Waals surface area (Å²) in [6.45, 7) is 3.72. The van der Waals surface area contributed by atoms with E-state index in [2.05, 4.69) is 15.0 Å². The molecule has 0 aliphatic heterocycles. The fourth-order valence-electron chi connectivity index (χ4n) is 1.69. The highest BCUT2D eigenvalue weighted by atomic mass is 35.5. The molecule has 2 aromatic rings. The van der Waals surface area contributed by atoms with Gasteiger partial charge in [-0.05, 0) is 0 Å². The van der Waals surface area contributed by atoms with Gasteiger partial charge in [-0.25, -0.2) is 9.88 Å². The van der Waals surface area contributed by atoms with Crippen LogP contribution in [-0.4, -0.2) is 37.2 Å². The van der Waals surface area contributed by atoms with Gasteiger partial charge < -0.3 is 0 Å². The number of hydrogen-bond donors (Lipinski definition) is 0. The molecular weight excluding hydrogens is 286 g/mol. The third-order valence-corrected chi connectivity index (χ3v) is 2.77. The topological polar surface area (TPSA) is 98.0 Å². The zero-order chi connectivity index (χ0) is 15.0. The number of fused-ring (bicyclic) bond motifs is 1. The van der Waals surface area contributed by atoms with Crippen LogP contribution >= 0.6 is 11.6 Å². The van der Waals surface area contributed by atoms with Crippen LogP contribution in [0.5, 0.6) is 0 Å². The Labute approximate surface area is 118 Å². The largest absolute Gasteiger partial charge is 0.274 e. The average molecular weight is 296 g/mol. The Morgan fingerprint density at radius 1 is 1.15 bits per heavy atom. The number of imide groups is 1. The zero-order valence-electron chi connectivity index (χ0n) is 10.9. The molecular formula is C11H10ClN5O3. The summed E-state index contributed by atoms with van der Waals surface area (Å²) in [6, 6.07) is 0. The molecule has 0 aliphatic rings. The lowest BCUT2D eigenvalue weighted by Gasteiger charge is -2.14. The summed E-state index contributed by atoms with van der Waals surface area (Å²) in [5, 5.41) is -0.0440. The van der Waals surface area contributed by atoms with Crippen molar-refractivity contribution >= 4 is 46.4 Å². The maximum atomic E-state index is 11.5. The van der Waals surface area contributed by atoms with E-state index in [1.807, 2.05) is 0 Å². The van der Waals surface area contributed by atoms with Crippen LogP contribution in [0.15, 0.2) is 6.33 Å². The number of carbonyl (C=O) groups is 3. The number of carbonyl (C=O) groups excluding carboxylic acids is 3. The third kappa shape index (κ3) is 2.25. The molecule has 0 unspecified atom stereocenters. The highest BCUT2D eigenvalue weighted by Gasteiger charge is 2.23. The van der Waals surface area contributed by atoms with Crippen LogP contribution < -0.4 is 4.90 Å². The van der Waals surface area contributed by atoms with E-state index in [4.69, 9.17) is 11.6 Å². The minimum absolute atomic E-state index is 0.0440. The van der Waals surface area contributed by atoms with Crippen molar-refractivity contribution in [2.24, 2.45) is 0 Å². The Kier molecular flexibility index (Phi) is 3.49. The van der Waals surface area contributed by atoms with Crippen LogP contribution in [0, 0.1) is 0 Å². The van der Waals surface area contributed by atoms with E-state index in [1.54, 1.807) is 0 Å². The van der Waals surface area contributed by atoms with Crippen molar-refractivity contribution in [1.82, 2.24) is 19.5 Å². The van der Waals surface area contributed by atoms with E-state index < -0.39 is 11.8 Å². The summed E-state index contributed by atoms with van der Waals surface area (Å²) in [7, 11) is 0. The molecule has 104 valence electrons. The van der Waals surface area contributed by atoms with Crippen LogP contribution in [0.1, 0.15) is 25.6 Å². The van der Waals surface area contributed by atoms with Crippen LogP contribution in [-0.2, 0) is 9.59 Å². The maximum Gasteiger partial charge on any atom is 0.242 e. The second-order valence-corrected chi connectivity index (χ2v) is 4.35. The number of nitrogens with zero attached hydrogens (tertiary/aromatic N) is 5. The molecule has 2 rings (SSSR count). The van der Waals surface area contributed by atoms with Gasteiger partial charge in [0.15, 0.2) is 10.8 Å². The maximum absolute atomic E-state index is 11.5. The van der Waals surface area contributed by atoms with Gasteiger partial charge in [0.2, 0.25) is 23.7 Å². The fourth-order valence-corrected chi connectivity index (χ4v) is 1.90. The van der Waals surface area contributed by atoms with E-state index in [1.165, 1.54) is 27.1 Å². The molecule has 0 atom stereocenters. The zero-order valence-corrected chi connectivity index (χ0v) is 11.7. The minimum atomic E-state index is -0.554. The van der Waals surface area contributed by atoms with Gasteiger partial charge in [0.05, 0.1) is 0 Å². The number of imidazole rings is 1. The number of aromatic nitrogens is 4. The SMILES string of the molecule is CC(=O)N(C(C)=O)c1nc(Cl)c2ncn(C(C)=O)c2n1. The Balaban J connectivity index is 2.72. The van der Waals surface area contributed by atoms with Gasteiger partial charge in [-0.15, -0.1) is 0 Å². The Bertz CT molecular complexity index is 725. The monoisotopic (exact) mass is 295 g/mol. The van der Waals surface area contributed by atoms with Gasteiger partial charge in [0.25, 0.3) is 0 Å². The van der Waals surface area contributed by atoms with Crippen LogP contribution in [0.3, 0.4) is 0 Å². The Morgan fingerprint density at radius 3 is 2.25 bits per heavy atom. The smallest absolute Gasteiger partial charge is 0.242 e. The first-order valence-electron chi connectivity index (χ1n) is 5.55. The standard InChI is InChI=1S/C11H10ClN5O3/c1-5(18)16-4-13-8-9(12)14-11(15-10(8)16)17(6(2)19)7(3)20/h4H,1-3H3. The molecule has 0 aliphatic carbocycles. The summed E-state index contributed by atoms with van der Waals surface area (Å²) < 4.78 is 1.16. The number of amides is 2. The Hall–Kier alpha value is -2.35. The van der Waals surface area contributed by atoms with Crippen molar-refractivity contribution in [1.29, 1.82) is 0 Å². The molecule has 2 amide bonds. The summed E-state index contributed by atoms with van der Waals surface area (Å²) in [6.07, 6.45) is 1.25. The first-order chi connectivity index (χ1) is 9.32. The van der Waals surface area contributed by atoms with Gasteiger partial charge >= 0.3 is 0 Å². The second-order valence-electron chi connectivity index (χ2n) is 3.99. The summed E-state index contributed by atoms with van der Waals surface area (Å²) in [5.41, 5.74) is 0.359. The number of hydrogen-bond acceptors (Lipinski definition) is 6. The fraction of sp³-hybridized carbons (Fsp3) is 0.273. The lowest BCUT2D eigenvalue weighted by Crippen LogP contribution is -2.34. The molecule has 0 aromatic carbocycles. The highest BCUT2D eigenvalue weighted by molar-refractivity contribution is 6.33. The van der Waals surface area contributed by atoms with Gasteiger partial charge in [0.1, 0.15) is 11.8 Å². The molecule has 0 spiro atoms. The molecule has 0 bridgehead atoms. The summed E-state index contributed by atoms with van der Waals surface area (Å²) in [4.78, 5) is 47.0. The second kappa shape index (κ2) is 4.97. The lowest BCUT2D eigenvalue weighted by atomic mass is 10.5. The summed E-state index contributed by atoms with van der Waals surface area (Å²) in [5.74, 6) is -1.63. The number of halogens is 1. The van der Waals surface area contributed by atoms with Crippen LogP contribution in [0.4, 0.5) is 5.95 Å². The molecule has 0 radical (unpaired) electrons. The first kappa shape index (κ1) is 14.1. The molecule has 0 saturated heterocycles. The molecule has 0 fully saturated rings. The molecule has 0 N–H and O–H groups in total. The van der Waals surface area contributed by atoms with Crippen molar-refractivity contribution < 1.29 is 14.4 Å². The molecule has 20 heavy (non-hydrogen) atoms. The van der Waals surface area contributed by atoms with Crippen molar-refractivity contribution in [3.63, 3.8) is 0 Å². The molecule has 8 nitrogen and oxygen atoms in total. The van der Waals surface area contributed by atoms with E-state index in [0.29, 0.717) is 0 Å². The highest BCUT2D eigenvalue weighted by Crippen LogP contribution is 2.22. The quantitative estimate of drug-likeness (QED) is 0.729. The van der Waals surface area contributed by atoms with Crippen molar-refractivity contribution in [3.8, 4) is 0 Å². The van der Waals surface area contributed by atoms with Crippen molar-refractivity contribution in [2.45, 2.75) is 20.8 Å². The molecule has 9 heteroatoms. The molecule has 0 saturated carbocycles. The van der Waals surface area contributed by atoms with E-state index in [0.717, 1.165) is 9.47 Å². The first-order valence-corrected chi connectivity index (χ1v) is 5.93. The predicted octanol–water partition coefficient (Wildman–Crippen LogP) is 1.04. The number of anilines is 1. The third-order valence-electron chi connectivity index (χ3n) is 2.51. The van der Waals surface area contributed by atoms with Gasteiger partial charge in [-0.1, -0.05) is 11.6 Å². The minimum Gasteiger partial charge on any atom is -0.274 e. The van der Waals surface area contributed by atoms with Crippen LogP contribution in [0.25, 0.3) is 11.2 Å².